The number of hydrogen-bond acceptors (Lipinski definition) is 5. The molecule has 0 radical (unpaired) electrons. The monoisotopic (exact) mass is 348 g/mol. The normalized spacial score (nSPS) is 21.3. The van der Waals surface area contributed by atoms with Crippen LogP contribution in [0.3, 0.4) is 0 Å². The van der Waals surface area contributed by atoms with Gasteiger partial charge < -0.3 is 24.0 Å². The molecule has 0 bridgehead atoms. The molecule has 3 rings (SSSR count). The number of nitrogens with zero attached hydrogens (tertiary/aromatic N) is 2. The van der Waals surface area contributed by atoms with Crippen LogP contribution in [0.4, 0.5) is 10.5 Å². The summed E-state index contributed by atoms with van der Waals surface area (Å²) in [5, 5.41) is 0. The van der Waals surface area contributed by atoms with Crippen LogP contribution in [0.25, 0.3) is 0 Å². The van der Waals surface area contributed by atoms with Gasteiger partial charge in [-0.3, -0.25) is 0 Å². The number of anilines is 1. The Hall–Kier alpha value is -1.95. The Labute approximate surface area is 149 Å². The molecule has 1 atom stereocenters. The summed E-state index contributed by atoms with van der Waals surface area (Å²) in [6.07, 6.45) is 0.895. The Morgan fingerprint density at radius 1 is 1.12 bits per heavy atom. The fourth-order valence-electron chi connectivity index (χ4n) is 3.01. The lowest BCUT2D eigenvalue weighted by atomic mass is 10.2. The molecule has 6 nitrogen and oxygen atoms in total. The zero-order valence-electron chi connectivity index (χ0n) is 15.4. The molecular weight excluding hydrogens is 320 g/mol. The van der Waals surface area contributed by atoms with Crippen molar-refractivity contribution in [2.45, 2.75) is 38.9 Å². The van der Waals surface area contributed by atoms with Crippen LogP contribution in [0.5, 0.6) is 5.75 Å². The Kier molecular flexibility index (Phi) is 5.37. The first-order chi connectivity index (χ1) is 11.9. The molecule has 2 aliphatic rings. The number of piperazine rings is 1. The second-order valence-electron chi connectivity index (χ2n) is 7.55. The summed E-state index contributed by atoms with van der Waals surface area (Å²) in [6.45, 7) is 10.1. The van der Waals surface area contributed by atoms with E-state index in [-0.39, 0.29) is 12.2 Å². The van der Waals surface area contributed by atoms with Gasteiger partial charge in [-0.05, 0) is 45.0 Å². The Bertz CT molecular complexity index is 568. The van der Waals surface area contributed by atoms with Crippen molar-refractivity contribution in [1.29, 1.82) is 0 Å². The van der Waals surface area contributed by atoms with E-state index in [0.717, 1.165) is 37.6 Å². The van der Waals surface area contributed by atoms with Gasteiger partial charge in [0.25, 0.3) is 0 Å². The van der Waals surface area contributed by atoms with E-state index in [1.54, 1.807) is 4.90 Å². The van der Waals surface area contributed by atoms with E-state index >= 15 is 0 Å². The summed E-state index contributed by atoms with van der Waals surface area (Å²) in [5.74, 6) is 0.881. The molecule has 1 aromatic rings. The number of ether oxygens (including phenoxy) is 3. The minimum atomic E-state index is -0.450. The van der Waals surface area contributed by atoms with Gasteiger partial charge in [0, 0.05) is 38.3 Å². The number of rotatable bonds is 3. The van der Waals surface area contributed by atoms with E-state index in [9.17, 15) is 4.79 Å². The van der Waals surface area contributed by atoms with Crippen LogP contribution in [0.2, 0.25) is 0 Å². The SMILES string of the molecule is CC(C)(C)OC(=O)N1CCN(c2ccc(O[C@@H]3CCOC3)cc2)CC1. The Morgan fingerprint density at radius 3 is 2.36 bits per heavy atom. The van der Waals surface area contributed by atoms with Crippen molar-refractivity contribution < 1.29 is 19.0 Å². The highest BCUT2D eigenvalue weighted by Crippen LogP contribution is 2.23. The molecule has 0 unspecified atom stereocenters. The maximum absolute atomic E-state index is 12.1. The maximum Gasteiger partial charge on any atom is 0.410 e. The Balaban J connectivity index is 1.50. The molecule has 138 valence electrons. The van der Waals surface area contributed by atoms with Gasteiger partial charge in [0.1, 0.15) is 17.5 Å². The van der Waals surface area contributed by atoms with Gasteiger partial charge in [-0.1, -0.05) is 0 Å². The predicted molar refractivity (Wildman–Crippen MR) is 96.3 cm³/mol. The van der Waals surface area contributed by atoms with Crippen molar-refractivity contribution in [3.63, 3.8) is 0 Å². The molecule has 0 aromatic heterocycles. The number of carbonyl (C=O) groups excluding carboxylic acids is 1. The fraction of sp³-hybridized carbons (Fsp3) is 0.632. The molecule has 1 aromatic carbocycles. The summed E-state index contributed by atoms with van der Waals surface area (Å²) in [7, 11) is 0. The third-order valence-electron chi connectivity index (χ3n) is 4.32. The van der Waals surface area contributed by atoms with Gasteiger partial charge in [-0.2, -0.15) is 0 Å². The highest BCUT2D eigenvalue weighted by atomic mass is 16.6. The number of amides is 1. The van der Waals surface area contributed by atoms with E-state index in [1.165, 1.54) is 0 Å². The maximum atomic E-state index is 12.1. The van der Waals surface area contributed by atoms with Crippen LogP contribution in [0.1, 0.15) is 27.2 Å². The molecule has 1 amide bonds. The van der Waals surface area contributed by atoms with Crippen LogP contribution >= 0.6 is 0 Å². The lowest BCUT2D eigenvalue weighted by molar-refractivity contribution is 0.0240. The standard InChI is InChI=1S/C19H28N2O4/c1-19(2,3)25-18(22)21-11-9-20(10-12-21)15-4-6-16(7-5-15)24-17-8-13-23-14-17/h4-7,17H,8-14H2,1-3H3/t17-/m1/s1. The molecule has 2 aliphatic heterocycles. The summed E-state index contributed by atoms with van der Waals surface area (Å²) < 4.78 is 16.7. The Morgan fingerprint density at radius 2 is 1.80 bits per heavy atom. The zero-order chi connectivity index (χ0) is 17.9. The van der Waals surface area contributed by atoms with Gasteiger partial charge >= 0.3 is 6.09 Å². The van der Waals surface area contributed by atoms with Crippen molar-refractivity contribution in [1.82, 2.24) is 4.90 Å². The van der Waals surface area contributed by atoms with Gasteiger partial charge in [0.2, 0.25) is 0 Å². The molecule has 0 aliphatic carbocycles. The summed E-state index contributed by atoms with van der Waals surface area (Å²) >= 11 is 0. The van der Waals surface area contributed by atoms with E-state index < -0.39 is 5.60 Å². The number of benzene rings is 1. The largest absolute Gasteiger partial charge is 0.488 e. The second-order valence-corrected chi connectivity index (χ2v) is 7.55. The molecule has 2 fully saturated rings. The smallest absolute Gasteiger partial charge is 0.410 e. The van der Waals surface area contributed by atoms with Gasteiger partial charge in [-0.25, -0.2) is 4.79 Å². The molecule has 25 heavy (non-hydrogen) atoms. The predicted octanol–water partition coefficient (Wildman–Crippen LogP) is 2.91. The summed E-state index contributed by atoms with van der Waals surface area (Å²) in [6, 6.07) is 8.17. The van der Waals surface area contributed by atoms with Crippen molar-refractivity contribution in [3.05, 3.63) is 24.3 Å². The third-order valence-corrected chi connectivity index (χ3v) is 4.32. The fourth-order valence-corrected chi connectivity index (χ4v) is 3.01. The lowest BCUT2D eigenvalue weighted by Crippen LogP contribution is -2.50. The second kappa shape index (κ2) is 7.52. The molecule has 2 saturated heterocycles. The van der Waals surface area contributed by atoms with Gasteiger partial charge in [0.05, 0.1) is 13.2 Å². The summed E-state index contributed by atoms with van der Waals surface area (Å²) in [4.78, 5) is 16.2. The number of hydrogen-bond donors (Lipinski definition) is 0. The van der Waals surface area contributed by atoms with E-state index in [4.69, 9.17) is 14.2 Å². The van der Waals surface area contributed by atoms with Crippen LogP contribution in [-0.2, 0) is 9.47 Å². The van der Waals surface area contributed by atoms with Crippen LogP contribution < -0.4 is 9.64 Å². The van der Waals surface area contributed by atoms with Gasteiger partial charge in [0.15, 0.2) is 0 Å². The first-order valence-corrected chi connectivity index (χ1v) is 8.98. The molecular formula is C19H28N2O4. The topological polar surface area (TPSA) is 51.2 Å². The van der Waals surface area contributed by atoms with Crippen LogP contribution in [0.15, 0.2) is 24.3 Å². The highest BCUT2D eigenvalue weighted by Gasteiger charge is 2.26. The van der Waals surface area contributed by atoms with Crippen molar-refractivity contribution in [2.75, 3.05) is 44.3 Å². The summed E-state index contributed by atoms with van der Waals surface area (Å²) in [5.41, 5.74) is 0.702. The quantitative estimate of drug-likeness (QED) is 0.841. The minimum Gasteiger partial charge on any atom is -0.488 e. The van der Waals surface area contributed by atoms with E-state index in [2.05, 4.69) is 17.0 Å². The first kappa shape index (κ1) is 17.9. The first-order valence-electron chi connectivity index (χ1n) is 8.98. The molecule has 0 N–H and O–H groups in total. The molecule has 2 heterocycles. The van der Waals surface area contributed by atoms with Gasteiger partial charge in [-0.15, -0.1) is 0 Å². The van der Waals surface area contributed by atoms with Crippen LogP contribution in [-0.4, -0.2) is 62.1 Å². The minimum absolute atomic E-state index is 0.170. The average Bonchev–Trinajstić information content (AvgIpc) is 3.07. The zero-order valence-corrected chi connectivity index (χ0v) is 15.4. The molecule has 0 spiro atoms. The third kappa shape index (κ3) is 5.01. The highest BCUT2D eigenvalue weighted by molar-refractivity contribution is 5.68. The van der Waals surface area contributed by atoms with Crippen molar-refractivity contribution in [2.24, 2.45) is 0 Å². The molecule has 0 saturated carbocycles. The van der Waals surface area contributed by atoms with E-state index in [1.807, 2.05) is 32.9 Å². The number of carbonyl (C=O) groups is 1. The van der Waals surface area contributed by atoms with E-state index in [0.29, 0.717) is 19.7 Å². The average molecular weight is 348 g/mol. The lowest BCUT2D eigenvalue weighted by Gasteiger charge is -2.36. The van der Waals surface area contributed by atoms with Crippen molar-refractivity contribution in [3.8, 4) is 5.75 Å². The molecule has 6 heteroatoms. The van der Waals surface area contributed by atoms with Crippen LogP contribution in [0, 0.1) is 0 Å². The van der Waals surface area contributed by atoms with Crippen molar-refractivity contribution >= 4 is 11.8 Å².